The molecule has 0 aliphatic heterocycles. The van der Waals surface area contributed by atoms with Gasteiger partial charge in [-0.25, -0.2) is 0 Å². The Kier molecular flexibility index (Phi) is 5.33. The highest BCUT2D eigenvalue weighted by molar-refractivity contribution is 7.80. The van der Waals surface area contributed by atoms with E-state index in [0.717, 1.165) is 32.1 Å². The first kappa shape index (κ1) is 14.4. The molecule has 1 atom stereocenters. The normalized spacial score (nSPS) is 19.9. The molecule has 0 radical (unpaired) electrons. The SMILES string of the molecule is COCCC(C)NC(=O)C1(C(N)=S)CCCC1. The highest BCUT2D eigenvalue weighted by atomic mass is 32.1. The van der Waals surface area contributed by atoms with Crippen molar-refractivity contribution in [2.24, 2.45) is 11.1 Å². The van der Waals surface area contributed by atoms with Crippen LogP contribution in [0.3, 0.4) is 0 Å². The van der Waals surface area contributed by atoms with Gasteiger partial charge in [0.25, 0.3) is 0 Å². The van der Waals surface area contributed by atoms with Gasteiger partial charge in [0.2, 0.25) is 5.91 Å². The van der Waals surface area contributed by atoms with Crippen molar-refractivity contribution in [1.29, 1.82) is 0 Å². The molecule has 1 amide bonds. The van der Waals surface area contributed by atoms with Crippen LogP contribution in [0, 0.1) is 5.41 Å². The van der Waals surface area contributed by atoms with E-state index in [1.54, 1.807) is 7.11 Å². The summed E-state index contributed by atoms with van der Waals surface area (Å²) in [5.41, 5.74) is 5.15. The van der Waals surface area contributed by atoms with Gasteiger partial charge in [-0.15, -0.1) is 0 Å². The Morgan fingerprint density at radius 3 is 2.59 bits per heavy atom. The van der Waals surface area contributed by atoms with E-state index in [4.69, 9.17) is 22.7 Å². The Morgan fingerprint density at radius 2 is 2.12 bits per heavy atom. The van der Waals surface area contributed by atoms with E-state index in [2.05, 4.69) is 5.32 Å². The van der Waals surface area contributed by atoms with E-state index in [-0.39, 0.29) is 11.9 Å². The summed E-state index contributed by atoms with van der Waals surface area (Å²) in [6.45, 7) is 2.61. The average Bonchev–Trinajstić information content (AvgIpc) is 2.76. The molecule has 17 heavy (non-hydrogen) atoms. The highest BCUT2D eigenvalue weighted by Crippen LogP contribution is 2.38. The van der Waals surface area contributed by atoms with Crippen LogP contribution in [-0.4, -0.2) is 30.7 Å². The Hall–Kier alpha value is -0.680. The molecule has 1 rings (SSSR count). The molecule has 1 saturated carbocycles. The average molecular weight is 258 g/mol. The van der Waals surface area contributed by atoms with Gasteiger partial charge in [0.15, 0.2) is 0 Å². The van der Waals surface area contributed by atoms with Gasteiger partial charge in [0.1, 0.15) is 0 Å². The number of rotatable bonds is 6. The van der Waals surface area contributed by atoms with E-state index < -0.39 is 5.41 Å². The maximum Gasteiger partial charge on any atom is 0.233 e. The van der Waals surface area contributed by atoms with Gasteiger partial charge < -0.3 is 15.8 Å². The Balaban J connectivity index is 2.58. The summed E-state index contributed by atoms with van der Waals surface area (Å²) >= 11 is 5.08. The fraction of sp³-hybridized carbons (Fsp3) is 0.833. The van der Waals surface area contributed by atoms with Gasteiger partial charge in [-0.3, -0.25) is 4.79 Å². The Labute approximate surface area is 108 Å². The van der Waals surface area contributed by atoms with Gasteiger partial charge in [-0.05, 0) is 26.2 Å². The third-order valence-electron chi connectivity index (χ3n) is 3.50. The first-order chi connectivity index (χ1) is 8.03. The van der Waals surface area contributed by atoms with Crippen LogP contribution in [0.15, 0.2) is 0 Å². The topological polar surface area (TPSA) is 64.3 Å². The second kappa shape index (κ2) is 6.31. The van der Waals surface area contributed by atoms with Gasteiger partial charge in [0, 0.05) is 19.8 Å². The minimum absolute atomic E-state index is 0.00824. The molecule has 1 unspecified atom stereocenters. The number of methoxy groups -OCH3 is 1. The standard InChI is InChI=1S/C12H22N2O2S/c1-9(5-8-16-2)14-11(15)12(10(13)17)6-3-4-7-12/h9H,3-8H2,1-2H3,(H2,13,17)(H,14,15). The number of nitrogens with two attached hydrogens (primary N) is 1. The first-order valence-corrected chi connectivity index (χ1v) is 6.53. The number of amides is 1. The molecular formula is C12H22N2O2S. The van der Waals surface area contributed by atoms with Crippen LogP contribution in [0.5, 0.6) is 0 Å². The van der Waals surface area contributed by atoms with Crippen LogP contribution in [0.4, 0.5) is 0 Å². The van der Waals surface area contributed by atoms with Crippen molar-refractivity contribution in [3.63, 3.8) is 0 Å². The predicted octanol–water partition coefficient (Wildman–Crippen LogP) is 1.37. The van der Waals surface area contributed by atoms with Gasteiger partial charge in [-0.1, -0.05) is 25.1 Å². The summed E-state index contributed by atoms with van der Waals surface area (Å²) in [5.74, 6) is -0.00824. The lowest BCUT2D eigenvalue weighted by molar-refractivity contribution is -0.128. The molecule has 4 nitrogen and oxygen atoms in total. The summed E-state index contributed by atoms with van der Waals surface area (Å²) in [4.78, 5) is 12.6. The van der Waals surface area contributed by atoms with Crippen LogP contribution < -0.4 is 11.1 Å². The van der Waals surface area contributed by atoms with E-state index in [1.807, 2.05) is 6.92 Å². The molecule has 1 fully saturated rings. The fourth-order valence-corrected chi connectivity index (χ4v) is 2.59. The van der Waals surface area contributed by atoms with Crippen molar-refractivity contribution in [2.75, 3.05) is 13.7 Å². The monoisotopic (exact) mass is 258 g/mol. The second-order valence-electron chi connectivity index (χ2n) is 4.81. The van der Waals surface area contributed by atoms with Crippen molar-refractivity contribution >= 4 is 23.1 Å². The number of hydrogen-bond donors (Lipinski definition) is 2. The van der Waals surface area contributed by atoms with Crippen molar-refractivity contribution in [1.82, 2.24) is 5.32 Å². The summed E-state index contributed by atoms with van der Waals surface area (Å²) in [5, 5.41) is 2.99. The van der Waals surface area contributed by atoms with Crippen LogP contribution in [0.1, 0.15) is 39.0 Å². The zero-order chi connectivity index (χ0) is 12.9. The number of carbonyl (C=O) groups excluding carboxylic acids is 1. The molecule has 0 aromatic carbocycles. The lowest BCUT2D eigenvalue weighted by Crippen LogP contribution is -2.49. The Morgan fingerprint density at radius 1 is 1.53 bits per heavy atom. The van der Waals surface area contributed by atoms with Crippen molar-refractivity contribution < 1.29 is 9.53 Å². The van der Waals surface area contributed by atoms with E-state index in [9.17, 15) is 4.79 Å². The Bertz CT molecular complexity index is 288. The second-order valence-corrected chi connectivity index (χ2v) is 5.25. The maximum atomic E-state index is 12.3. The zero-order valence-electron chi connectivity index (χ0n) is 10.6. The molecule has 1 aliphatic carbocycles. The van der Waals surface area contributed by atoms with Gasteiger partial charge >= 0.3 is 0 Å². The van der Waals surface area contributed by atoms with Gasteiger partial charge in [0.05, 0.1) is 10.4 Å². The van der Waals surface area contributed by atoms with Crippen LogP contribution in [0.2, 0.25) is 0 Å². The van der Waals surface area contributed by atoms with Gasteiger partial charge in [-0.2, -0.15) is 0 Å². The minimum atomic E-state index is -0.601. The zero-order valence-corrected chi connectivity index (χ0v) is 11.4. The maximum absolute atomic E-state index is 12.3. The lowest BCUT2D eigenvalue weighted by Gasteiger charge is -2.28. The number of thiocarbonyl (C=S) groups is 1. The quantitative estimate of drug-likeness (QED) is 0.706. The van der Waals surface area contributed by atoms with Crippen molar-refractivity contribution in [3.05, 3.63) is 0 Å². The molecular weight excluding hydrogens is 236 g/mol. The van der Waals surface area contributed by atoms with E-state index in [0.29, 0.717) is 11.6 Å². The summed E-state index contributed by atoms with van der Waals surface area (Å²) < 4.78 is 4.99. The first-order valence-electron chi connectivity index (χ1n) is 6.13. The highest BCUT2D eigenvalue weighted by Gasteiger charge is 2.44. The largest absolute Gasteiger partial charge is 0.392 e. The minimum Gasteiger partial charge on any atom is -0.392 e. The summed E-state index contributed by atoms with van der Waals surface area (Å²) in [7, 11) is 1.65. The molecule has 0 heterocycles. The molecule has 0 bridgehead atoms. The molecule has 0 aromatic heterocycles. The third-order valence-corrected chi connectivity index (χ3v) is 3.89. The predicted molar refractivity (Wildman–Crippen MR) is 71.8 cm³/mol. The molecule has 0 aromatic rings. The van der Waals surface area contributed by atoms with Crippen LogP contribution in [-0.2, 0) is 9.53 Å². The van der Waals surface area contributed by atoms with E-state index >= 15 is 0 Å². The molecule has 3 N–H and O–H groups in total. The third kappa shape index (κ3) is 3.39. The molecule has 5 heteroatoms. The molecule has 0 spiro atoms. The smallest absolute Gasteiger partial charge is 0.233 e. The van der Waals surface area contributed by atoms with Crippen LogP contribution in [0.25, 0.3) is 0 Å². The number of nitrogens with one attached hydrogen (secondary N) is 1. The summed E-state index contributed by atoms with van der Waals surface area (Å²) in [6.07, 6.45) is 4.42. The number of hydrogen-bond acceptors (Lipinski definition) is 3. The molecule has 0 saturated heterocycles. The fourth-order valence-electron chi connectivity index (χ4n) is 2.29. The lowest BCUT2D eigenvalue weighted by atomic mass is 9.85. The van der Waals surface area contributed by atoms with E-state index in [1.165, 1.54) is 0 Å². The summed E-state index contributed by atoms with van der Waals surface area (Å²) in [6, 6.07) is 0.0919. The molecule has 98 valence electrons. The molecule has 1 aliphatic rings. The van der Waals surface area contributed by atoms with Crippen LogP contribution >= 0.6 is 12.2 Å². The van der Waals surface area contributed by atoms with Crippen molar-refractivity contribution in [3.8, 4) is 0 Å². The number of ether oxygens (including phenoxy) is 1. The number of carbonyl (C=O) groups is 1. The van der Waals surface area contributed by atoms with Crippen molar-refractivity contribution in [2.45, 2.75) is 45.1 Å².